The molecule has 0 amide bonds. The maximum absolute atomic E-state index is 11.5. The Morgan fingerprint density at radius 1 is 0.913 bits per heavy atom. The van der Waals surface area contributed by atoms with Crippen LogP contribution in [0.15, 0.2) is 0 Å². The van der Waals surface area contributed by atoms with E-state index in [1.807, 2.05) is 0 Å². The Balaban J connectivity index is 3.27. The number of carbonyl (C=O) groups excluding carboxylic acids is 1. The van der Waals surface area contributed by atoms with Crippen molar-refractivity contribution in [2.75, 3.05) is 11.5 Å². The van der Waals surface area contributed by atoms with Crippen LogP contribution in [0.2, 0.25) is 0 Å². The first kappa shape index (κ1) is 23.3. The molecule has 0 fully saturated rings. The van der Waals surface area contributed by atoms with Crippen LogP contribution in [0.3, 0.4) is 0 Å². The number of hydrogen-bond acceptors (Lipinski definition) is 5. The van der Waals surface area contributed by atoms with Crippen molar-refractivity contribution >= 4 is 47.0 Å². The van der Waals surface area contributed by atoms with Gasteiger partial charge in [-0.15, -0.1) is 0 Å². The summed E-state index contributed by atoms with van der Waals surface area (Å²) in [6, 6.07) is 0. The molecule has 0 aliphatic carbocycles. The smallest absolute Gasteiger partial charge is 0.312 e. The summed E-state index contributed by atoms with van der Waals surface area (Å²) in [4.78, 5) is 11.5. The van der Waals surface area contributed by atoms with Crippen molar-refractivity contribution in [2.24, 2.45) is 0 Å². The summed E-state index contributed by atoms with van der Waals surface area (Å²) in [5.41, 5.74) is 0. The van der Waals surface area contributed by atoms with Crippen LogP contribution in [-0.2, 0) is 9.53 Å². The molecule has 0 spiro atoms. The van der Waals surface area contributed by atoms with Gasteiger partial charge in [0.15, 0.2) is 0 Å². The van der Waals surface area contributed by atoms with E-state index in [0.29, 0.717) is 10.8 Å². The van der Waals surface area contributed by atoms with Gasteiger partial charge in [-0.25, -0.2) is 0 Å². The molecule has 23 heavy (non-hydrogen) atoms. The summed E-state index contributed by atoms with van der Waals surface area (Å²) in [6.45, 7) is 2.26. The Hall–Kier alpha value is 0.260. The number of unbranched alkanes of at least 4 members (excludes halogenated alkanes) is 10. The third kappa shape index (κ3) is 18.4. The minimum atomic E-state index is -0.202. The quantitative estimate of drug-likeness (QED) is 0.151. The van der Waals surface area contributed by atoms with E-state index in [1.165, 1.54) is 69.5 Å². The number of carbonyl (C=O) groups is 1. The van der Waals surface area contributed by atoms with Gasteiger partial charge in [-0.1, -0.05) is 76.5 Å². The zero-order valence-electron chi connectivity index (χ0n) is 14.7. The highest BCUT2D eigenvalue weighted by atomic mass is 32.2. The van der Waals surface area contributed by atoms with Gasteiger partial charge in [0, 0.05) is 12.2 Å². The van der Waals surface area contributed by atoms with Crippen molar-refractivity contribution in [2.45, 2.75) is 90.4 Å². The molecule has 2 nitrogen and oxygen atoms in total. The number of rotatable bonds is 15. The molecule has 0 aliphatic heterocycles. The second-order valence-corrected chi connectivity index (χ2v) is 8.08. The lowest BCUT2D eigenvalue weighted by Gasteiger charge is -2.05. The van der Waals surface area contributed by atoms with E-state index in [4.69, 9.17) is 17.0 Å². The summed E-state index contributed by atoms with van der Waals surface area (Å²) < 4.78 is 5.51. The van der Waals surface area contributed by atoms with Crippen LogP contribution in [0.5, 0.6) is 0 Å². The molecule has 0 saturated carbocycles. The predicted molar refractivity (Wildman–Crippen MR) is 111 cm³/mol. The molecule has 0 aliphatic rings. The van der Waals surface area contributed by atoms with Gasteiger partial charge >= 0.3 is 5.97 Å². The van der Waals surface area contributed by atoms with Crippen LogP contribution in [0.4, 0.5) is 0 Å². The van der Waals surface area contributed by atoms with Crippen molar-refractivity contribution in [1.82, 2.24) is 0 Å². The van der Waals surface area contributed by atoms with Crippen LogP contribution in [0.1, 0.15) is 90.4 Å². The maximum atomic E-state index is 11.5. The molecular formula is C18H34O2S3. The maximum Gasteiger partial charge on any atom is 0.312 e. The van der Waals surface area contributed by atoms with Crippen molar-refractivity contribution in [3.8, 4) is 0 Å². The molecule has 0 atom stereocenters. The summed E-state index contributed by atoms with van der Waals surface area (Å²) in [7, 11) is 0. The first-order valence-electron chi connectivity index (χ1n) is 9.19. The van der Waals surface area contributed by atoms with Gasteiger partial charge in [0.25, 0.3) is 0 Å². The monoisotopic (exact) mass is 378 g/mol. The Labute approximate surface area is 158 Å². The van der Waals surface area contributed by atoms with Gasteiger partial charge in [-0.2, -0.15) is 12.6 Å². The normalized spacial score (nSPS) is 10.7. The lowest BCUT2D eigenvalue weighted by atomic mass is 10.1. The topological polar surface area (TPSA) is 26.3 Å². The molecule has 0 radical (unpaired) electrons. The van der Waals surface area contributed by atoms with Crippen LogP contribution < -0.4 is 0 Å². The van der Waals surface area contributed by atoms with Crippen LogP contribution in [0, 0.1) is 0 Å². The summed E-state index contributed by atoms with van der Waals surface area (Å²) in [5, 5.41) is 0. The molecule has 0 bridgehead atoms. The number of thiol groups is 1. The van der Waals surface area contributed by atoms with E-state index >= 15 is 0 Å². The molecule has 0 saturated heterocycles. The third-order valence-corrected chi connectivity index (χ3v) is 5.27. The zero-order valence-corrected chi connectivity index (χ0v) is 17.2. The summed E-state index contributed by atoms with van der Waals surface area (Å²) >= 11 is 10.7. The first-order chi connectivity index (χ1) is 11.2. The average Bonchev–Trinajstić information content (AvgIpc) is 2.52. The van der Waals surface area contributed by atoms with Crippen LogP contribution in [0.25, 0.3) is 0 Å². The molecule has 0 N–H and O–H groups in total. The molecule has 0 heterocycles. The van der Waals surface area contributed by atoms with Crippen molar-refractivity contribution in [3.05, 3.63) is 0 Å². The lowest BCUT2D eigenvalue weighted by Crippen LogP contribution is -2.08. The van der Waals surface area contributed by atoms with Crippen LogP contribution >= 0.6 is 36.6 Å². The second kappa shape index (κ2) is 18.6. The minimum Gasteiger partial charge on any atom is -0.408 e. The van der Waals surface area contributed by atoms with Gasteiger partial charge in [0.05, 0.1) is 0 Å². The van der Waals surface area contributed by atoms with E-state index in [1.54, 1.807) is 0 Å². The van der Waals surface area contributed by atoms with Gasteiger partial charge < -0.3 is 4.74 Å². The fourth-order valence-corrected chi connectivity index (χ4v) is 3.53. The molecule has 0 unspecified atom stereocenters. The Bertz CT molecular complexity index is 296. The Morgan fingerprint density at radius 3 is 2.04 bits per heavy atom. The highest BCUT2D eigenvalue weighted by molar-refractivity contribution is 8.22. The second-order valence-electron chi connectivity index (χ2n) is 5.94. The third-order valence-electron chi connectivity index (χ3n) is 3.70. The average molecular weight is 379 g/mol. The van der Waals surface area contributed by atoms with E-state index in [0.717, 1.165) is 30.8 Å². The SMILES string of the molecule is CCCCCCCCCCCCSC(=S)OC(=O)CCCCS. The van der Waals surface area contributed by atoms with Crippen molar-refractivity contribution in [3.63, 3.8) is 0 Å². The van der Waals surface area contributed by atoms with Gasteiger partial charge in [-0.05, 0) is 37.2 Å². The Morgan fingerprint density at radius 2 is 1.48 bits per heavy atom. The van der Waals surface area contributed by atoms with Gasteiger partial charge in [-0.3, -0.25) is 4.79 Å². The summed E-state index contributed by atoms with van der Waals surface area (Å²) in [5.74, 6) is 1.57. The van der Waals surface area contributed by atoms with Crippen LogP contribution in [-0.4, -0.2) is 21.9 Å². The number of thioether (sulfide) groups is 1. The van der Waals surface area contributed by atoms with Gasteiger partial charge in [0.1, 0.15) is 0 Å². The van der Waals surface area contributed by atoms with Gasteiger partial charge in [0.2, 0.25) is 4.38 Å². The number of hydrogen-bond donors (Lipinski definition) is 1. The van der Waals surface area contributed by atoms with E-state index in [2.05, 4.69) is 19.6 Å². The van der Waals surface area contributed by atoms with E-state index < -0.39 is 0 Å². The molecule has 0 aromatic rings. The fourth-order valence-electron chi connectivity index (χ4n) is 2.30. The van der Waals surface area contributed by atoms with E-state index in [9.17, 15) is 4.79 Å². The largest absolute Gasteiger partial charge is 0.408 e. The molecule has 0 rings (SSSR count). The molecule has 0 aromatic heterocycles. The highest BCUT2D eigenvalue weighted by Crippen LogP contribution is 2.14. The first-order valence-corrected chi connectivity index (χ1v) is 11.2. The highest BCUT2D eigenvalue weighted by Gasteiger charge is 2.07. The summed E-state index contributed by atoms with van der Waals surface area (Å²) in [6.07, 6.45) is 15.5. The molecular weight excluding hydrogens is 344 g/mol. The number of thiocarbonyl (C=S) groups is 1. The predicted octanol–water partition coefficient (Wildman–Crippen LogP) is 6.57. The van der Waals surface area contributed by atoms with E-state index in [-0.39, 0.29) is 5.97 Å². The fraction of sp³-hybridized carbons (Fsp3) is 0.889. The number of ether oxygens (including phenoxy) is 1. The van der Waals surface area contributed by atoms with Crippen molar-refractivity contribution in [1.29, 1.82) is 0 Å². The number of esters is 1. The lowest BCUT2D eigenvalue weighted by molar-refractivity contribution is -0.135. The standard InChI is InChI=1S/C18H34O2S3/c1-2-3-4-5-6-7-8-9-10-13-16-23-18(22)20-17(19)14-11-12-15-21/h21H,2-16H2,1H3. The Kier molecular flexibility index (Phi) is 18.8. The molecule has 136 valence electrons. The van der Waals surface area contributed by atoms with Crippen molar-refractivity contribution < 1.29 is 9.53 Å². The molecule has 5 heteroatoms. The zero-order chi connectivity index (χ0) is 17.2. The minimum absolute atomic E-state index is 0.202. The molecule has 0 aromatic carbocycles.